The first kappa shape index (κ1) is 21.2. The molecular weight excluding hydrogens is 362 g/mol. The van der Waals surface area contributed by atoms with Crippen molar-refractivity contribution < 1.29 is 14.3 Å². The molecule has 4 heteroatoms. The first-order valence-electron chi connectivity index (χ1n) is 10.8. The van der Waals surface area contributed by atoms with E-state index < -0.39 is 0 Å². The van der Waals surface area contributed by atoms with Gasteiger partial charge in [0.2, 0.25) is 0 Å². The van der Waals surface area contributed by atoms with E-state index in [4.69, 9.17) is 9.47 Å². The highest BCUT2D eigenvalue weighted by atomic mass is 16.5. The number of hydrogen-bond donors (Lipinski definition) is 0. The Bertz CT molecular complexity index is 823. The Morgan fingerprint density at radius 3 is 2.48 bits per heavy atom. The van der Waals surface area contributed by atoms with Crippen LogP contribution in [0, 0.1) is 5.92 Å². The second-order valence-corrected chi connectivity index (χ2v) is 8.21. The summed E-state index contributed by atoms with van der Waals surface area (Å²) in [4.78, 5) is 15.0. The number of piperidine rings is 1. The largest absolute Gasteiger partial charge is 0.493 e. The molecule has 0 radical (unpaired) electrons. The molecule has 29 heavy (non-hydrogen) atoms. The van der Waals surface area contributed by atoms with E-state index in [0.29, 0.717) is 30.6 Å². The molecule has 1 aliphatic heterocycles. The van der Waals surface area contributed by atoms with Gasteiger partial charge >= 0.3 is 0 Å². The smallest absolute Gasteiger partial charge is 0.253 e. The number of hydrogen-bond acceptors (Lipinski definition) is 3. The fourth-order valence-corrected chi connectivity index (χ4v) is 3.76. The van der Waals surface area contributed by atoms with E-state index in [-0.39, 0.29) is 5.91 Å². The van der Waals surface area contributed by atoms with Crippen LogP contribution in [0.15, 0.2) is 42.5 Å². The molecule has 156 valence electrons. The lowest BCUT2D eigenvalue weighted by atomic mass is 9.98. The maximum atomic E-state index is 13.0. The van der Waals surface area contributed by atoms with Gasteiger partial charge < -0.3 is 14.4 Å². The third-order valence-electron chi connectivity index (χ3n) is 5.60. The molecule has 4 nitrogen and oxygen atoms in total. The van der Waals surface area contributed by atoms with E-state index in [9.17, 15) is 4.79 Å². The molecule has 3 rings (SSSR count). The maximum absolute atomic E-state index is 13.0. The highest BCUT2D eigenvalue weighted by Crippen LogP contribution is 2.29. The van der Waals surface area contributed by atoms with Crippen molar-refractivity contribution in [2.45, 2.75) is 53.1 Å². The fraction of sp³-hybridized carbons (Fsp3) is 0.480. The summed E-state index contributed by atoms with van der Waals surface area (Å²) >= 11 is 0. The number of rotatable bonds is 7. The van der Waals surface area contributed by atoms with Crippen LogP contribution in [0.4, 0.5) is 0 Å². The van der Waals surface area contributed by atoms with Gasteiger partial charge in [0.05, 0.1) is 6.61 Å². The van der Waals surface area contributed by atoms with Crippen molar-refractivity contribution in [3.8, 4) is 11.5 Å². The Morgan fingerprint density at radius 1 is 1.07 bits per heavy atom. The van der Waals surface area contributed by atoms with Gasteiger partial charge in [-0.3, -0.25) is 4.79 Å². The molecule has 1 aliphatic rings. The van der Waals surface area contributed by atoms with Crippen LogP contribution in [-0.2, 0) is 6.61 Å². The second kappa shape index (κ2) is 9.82. The van der Waals surface area contributed by atoms with Crippen molar-refractivity contribution in [1.82, 2.24) is 4.90 Å². The standard InChI is InChI=1S/C25H33NO3/c1-5-28-23-11-10-20(25(27)26-14-12-19(4)13-15-26)16-21(23)17-29-24-9-7-6-8-22(24)18(2)3/h6-11,16,18-19H,5,12-15,17H2,1-4H3. The van der Waals surface area contributed by atoms with E-state index in [2.05, 4.69) is 26.8 Å². The SMILES string of the molecule is CCOc1ccc(C(=O)N2CCC(C)CC2)cc1COc1ccccc1C(C)C. The van der Waals surface area contributed by atoms with Crippen LogP contribution >= 0.6 is 0 Å². The molecule has 2 aromatic rings. The van der Waals surface area contributed by atoms with Gasteiger partial charge in [0.15, 0.2) is 0 Å². The van der Waals surface area contributed by atoms with Gasteiger partial charge in [0.1, 0.15) is 18.1 Å². The van der Waals surface area contributed by atoms with E-state index in [1.165, 1.54) is 5.56 Å². The summed E-state index contributed by atoms with van der Waals surface area (Å²) < 4.78 is 12.0. The number of likely N-dealkylation sites (tertiary alicyclic amines) is 1. The molecule has 0 unspecified atom stereocenters. The van der Waals surface area contributed by atoms with Crippen molar-refractivity contribution in [3.63, 3.8) is 0 Å². The zero-order valence-electron chi connectivity index (χ0n) is 18.1. The zero-order valence-corrected chi connectivity index (χ0v) is 18.1. The second-order valence-electron chi connectivity index (χ2n) is 8.21. The third kappa shape index (κ3) is 5.31. The predicted octanol–water partition coefficient (Wildman–Crippen LogP) is 5.66. The first-order valence-corrected chi connectivity index (χ1v) is 10.8. The van der Waals surface area contributed by atoms with Crippen LogP contribution in [0.3, 0.4) is 0 Å². The number of ether oxygens (including phenoxy) is 2. The molecule has 2 aromatic carbocycles. The van der Waals surface area contributed by atoms with Crippen molar-refractivity contribution in [1.29, 1.82) is 0 Å². The van der Waals surface area contributed by atoms with Crippen LogP contribution in [0.2, 0.25) is 0 Å². The van der Waals surface area contributed by atoms with Crippen molar-refractivity contribution in [2.24, 2.45) is 5.92 Å². The van der Waals surface area contributed by atoms with E-state index in [1.54, 1.807) is 0 Å². The van der Waals surface area contributed by atoms with Gasteiger partial charge in [0, 0.05) is 24.2 Å². The monoisotopic (exact) mass is 395 g/mol. The quantitative estimate of drug-likeness (QED) is 0.607. The molecule has 1 heterocycles. The van der Waals surface area contributed by atoms with E-state index in [0.717, 1.165) is 43.0 Å². The Labute approximate surface area is 174 Å². The number of amides is 1. The fourth-order valence-electron chi connectivity index (χ4n) is 3.76. The molecule has 1 amide bonds. The molecule has 1 fully saturated rings. The van der Waals surface area contributed by atoms with E-state index in [1.807, 2.05) is 48.2 Å². The van der Waals surface area contributed by atoms with Crippen LogP contribution in [0.25, 0.3) is 0 Å². The lowest BCUT2D eigenvalue weighted by Crippen LogP contribution is -2.37. The lowest BCUT2D eigenvalue weighted by Gasteiger charge is -2.30. The van der Waals surface area contributed by atoms with Gasteiger partial charge in [-0.25, -0.2) is 0 Å². The summed E-state index contributed by atoms with van der Waals surface area (Å²) in [6.07, 6.45) is 2.15. The minimum Gasteiger partial charge on any atom is -0.493 e. The summed E-state index contributed by atoms with van der Waals surface area (Å²) in [6, 6.07) is 13.8. The van der Waals surface area contributed by atoms with Crippen molar-refractivity contribution in [3.05, 3.63) is 59.2 Å². The van der Waals surface area contributed by atoms with Crippen LogP contribution in [0.1, 0.15) is 67.9 Å². The van der Waals surface area contributed by atoms with E-state index >= 15 is 0 Å². The number of benzene rings is 2. The van der Waals surface area contributed by atoms with Gasteiger partial charge in [-0.1, -0.05) is 39.0 Å². The Hall–Kier alpha value is -2.49. The zero-order chi connectivity index (χ0) is 20.8. The summed E-state index contributed by atoms with van der Waals surface area (Å²) in [5, 5.41) is 0. The summed E-state index contributed by atoms with van der Waals surface area (Å²) in [6.45, 7) is 11.2. The third-order valence-corrected chi connectivity index (χ3v) is 5.60. The summed E-state index contributed by atoms with van der Waals surface area (Å²) in [5.74, 6) is 2.84. The van der Waals surface area contributed by atoms with Gasteiger partial charge in [-0.15, -0.1) is 0 Å². The molecule has 0 bridgehead atoms. The molecule has 0 atom stereocenters. The maximum Gasteiger partial charge on any atom is 0.253 e. The van der Waals surface area contributed by atoms with Crippen LogP contribution < -0.4 is 9.47 Å². The number of nitrogens with zero attached hydrogens (tertiary/aromatic N) is 1. The lowest BCUT2D eigenvalue weighted by molar-refractivity contribution is 0.0697. The average molecular weight is 396 g/mol. The number of para-hydroxylation sites is 1. The topological polar surface area (TPSA) is 38.8 Å². The molecule has 0 aromatic heterocycles. The number of carbonyl (C=O) groups excluding carboxylic acids is 1. The summed E-state index contributed by atoms with van der Waals surface area (Å²) in [7, 11) is 0. The Kier molecular flexibility index (Phi) is 7.18. The van der Waals surface area contributed by atoms with Gasteiger partial charge in [0.25, 0.3) is 5.91 Å². The molecule has 0 spiro atoms. The van der Waals surface area contributed by atoms with Gasteiger partial charge in [-0.05, 0) is 61.4 Å². The molecular formula is C25H33NO3. The molecule has 0 saturated carbocycles. The van der Waals surface area contributed by atoms with Crippen LogP contribution in [0.5, 0.6) is 11.5 Å². The minimum atomic E-state index is 0.101. The number of carbonyl (C=O) groups is 1. The first-order chi connectivity index (χ1) is 14.0. The van der Waals surface area contributed by atoms with Crippen molar-refractivity contribution in [2.75, 3.05) is 19.7 Å². The Morgan fingerprint density at radius 2 is 1.79 bits per heavy atom. The molecule has 0 aliphatic carbocycles. The molecule has 0 N–H and O–H groups in total. The molecule has 1 saturated heterocycles. The normalized spacial score (nSPS) is 14.9. The van der Waals surface area contributed by atoms with Gasteiger partial charge in [-0.2, -0.15) is 0 Å². The average Bonchev–Trinajstić information content (AvgIpc) is 2.73. The summed E-state index contributed by atoms with van der Waals surface area (Å²) in [5.41, 5.74) is 2.79. The van der Waals surface area contributed by atoms with Crippen molar-refractivity contribution >= 4 is 5.91 Å². The predicted molar refractivity (Wildman–Crippen MR) is 117 cm³/mol. The highest BCUT2D eigenvalue weighted by Gasteiger charge is 2.22. The highest BCUT2D eigenvalue weighted by molar-refractivity contribution is 5.94. The van der Waals surface area contributed by atoms with Crippen LogP contribution in [-0.4, -0.2) is 30.5 Å². The minimum absolute atomic E-state index is 0.101. The Balaban J connectivity index is 1.79.